The first-order valence-corrected chi connectivity index (χ1v) is 5.64. The van der Waals surface area contributed by atoms with Crippen molar-refractivity contribution in [3.63, 3.8) is 0 Å². The number of Topliss-reactive ketones (excluding diaryl/α,β-unsaturated/α-hetero) is 1. The Bertz CT molecular complexity index is 422. The van der Waals surface area contributed by atoms with E-state index in [1.807, 2.05) is 31.2 Å². The lowest BCUT2D eigenvalue weighted by Crippen LogP contribution is -2.39. The molecule has 0 amide bonds. The molecule has 0 unspecified atom stereocenters. The van der Waals surface area contributed by atoms with Gasteiger partial charge >= 0.3 is 0 Å². The molecule has 0 radical (unpaired) electrons. The van der Waals surface area contributed by atoms with E-state index in [2.05, 4.69) is 6.07 Å². The monoisotopic (exact) mass is 217 g/mol. The third-order valence-electron chi connectivity index (χ3n) is 2.50. The summed E-state index contributed by atoms with van der Waals surface area (Å²) >= 11 is 1.51. The molecule has 0 atom stereocenters. The van der Waals surface area contributed by atoms with Crippen LogP contribution < -0.4 is 0 Å². The van der Waals surface area contributed by atoms with Crippen LogP contribution in [0.5, 0.6) is 0 Å². The molecule has 1 aromatic rings. The quantitative estimate of drug-likeness (QED) is 0.764. The topological polar surface area (TPSA) is 40.9 Å². The third kappa shape index (κ3) is 2.05. The molecule has 15 heavy (non-hydrogen) atoms. The Morgan fingerprint density at radius 1 is 1.33 bits per heavy atom. The number of ketones is 1. The molecule has 76 valence electrons. The predicted octanol–water partition coefficient (Wildman–Crippen LogP) is 2.71. The fourth-order valence-electron chi connectivity index (χ4n) is 1.59. The second kappa shape index (κ2) is 3.71. The summed E-state index contributed by atoms with van der Waals surface area (Å²) in [4.78, 5) is 12.0. The van der Waals surface area contributed by atoms with Crippen molar-refractivity contribution >= 4 is 17.5 Å². The Labute approximate surface area is 93.3 Å². The maximum Gasteiger partial charge on any atom is 0.137 e. The molecular weight excluding hydrogens is 206 g/mol. The first kappa shape index (κ1) is 10.3. The number of benzene rings is 1. The number of nitrogens with zero attached hydrogens (tertiary/aromatic N) is 1. The smallest absolute Gasteiger partial charge is 0.137 e. The van der Waals surface area contributed by atoms with Gasteiger partial charge in [0.25, 0.3) is 0 Å². The summed E-state index contributed by atoms with van der Waals surface area (Å²) in [5, 5.41) is 9.05. The van der Waals surface area contributed by atoms with Crippen molar-refractivity contribution in [2.24, 2.45) is 0 Å². The molecule has 0 saturated heterocycles. The lowest BCUT2D eigenvalue weighted by Gasteiger charge is -2.32. The van der Waals surface area contributed by atoms with Gasteiger partial charge in [-0.2, -0.15) is 5.26 Å². The van der Waals surface area contributed by atoms with Gasteiger partial charge in [0, 0.05) is 17.7 Å². The number of hydrogen-bond acceptors (Lipinski definition) is 3. The molecule has 1 aromatic carbocycles. The minimum Gasteiger partial charge on any atom is -0.300 e. The molecular formula is C12H11NOS. The summed E-state index contributed by atoms with van der Waals surface area (Å²) < 4.78 is -0.494. The van der Waals surface area contributed by atoms with Crippen LogP contribution in [0.4, 0.5) is 0 Å². The van der Waals surface area contributed by atoms with Crippen LogP contribution in [0.3, 0.4) is 0 Å². The number of nitriles is 1. The number of aryl methyl sites for hydroxylation is 1. The second-order valence-corrected chi connectivity index (χ2v) is 5.37. The fourth-order valence-corrected chi connectivity index (χ4v) is 2.83. The van der Waals surface area contributed by atoms with Gasteiger partial charge in [0.2, 0.25) is 0 Å². The molecule has 0 bridgehead atoms. The van der Waals surface area contributed by atoms with Gasteiger partial charge in [-0.1, -0.05) is 17.7 Å². The highest BCUT2D eigenvalue weighted by Gasteiger charge is 2.44. The van der Waals surface area contributed by atoms with Gasteiger partial charge in [-0.15, -0.1) is 11.8 Å². The third-order valence-corrected chi connectivity index (χ3v) is 3.78. The van der Waals surface area contributed by atoms with Crippen LogP contribution in [0.2, 0.25) is 0 Å². The van der Waals surface area contributed by atoms with Crippen molar-refractivity contribution in [2.75, 3.05) is 0 Å². The average Bonchev–Trinajstić information content (AvgIpc) is 2.18. The van der Waals surface area contributed by atoms with E-state index in [9.17, 15) is 4.79 Å². The lowest BCUT2D eigenvalue weighted by atomic mass is 9.84. The van der Waals surface area contributed by atoms with E-state index < -0.39 is 4.75 Å². The van der Waals surface area contributed by atoms with E-state index in [1.165, 1.54) is 17.3 Å². The normalized spacial score (nSPS) is 18.0. The predicted molar refractivity (Wildman–Crippen MR) is 59.6 cm³/mol. The molecule has 2 rings (SSSR count). The zero-order valence-electron chi connectivity index (χ0n) is 8.49. The first-order valence-electron chi connectivity index (χ1n) is 4.82. The zero-order valence-corrected chi connectivity index (χ0v) is 9.30. The maximum absolute atomic E-state index is 11.0. The van der Waals surface area contributed by atoms with Crippen LogP contribution >= 0.6 is 11.8 Å². The summed E-state index contributed by atoms with van der Waals surface area (Å²) in [5.41, 5.74) is 1.20. The molecule has 3 heteroatoms. The summed E-state index contributed by atoms with van der Waals surface area (Å²) in [6.45, 7) is 2.03. The van der Waals surface area contributed by atoms with Crippen LogP contribution in [-0.2, 0) is 4.79 Å². The van der Waals surface area contributed by atoms with E-state index in [-0.39, 0.29) is 5.78 Å². The summed E-state index contributed by atoms with van der Waals surface area (Å²) in [5.74, 6) is 0.191. The maximum atomic E-state index is 11.0. The highest BCUT2D eigenvalue weighted by Crippen LogP contribution is 2.45. The van der Waals surface area contributed by atoms with Crippen LogP contribution in [0.1, 0.15) is 18.4 Å². The Balaban J connectivity index is 2.12. The molecule has 2 nitrogen and oxygen atoms in total. The van der Waals surface area contributed by atoms with E-state index in [0.717, 1.165) is 4.90 Å². The molecule has 1 aliphatic rings. The van der Waals surface area contributed by atoms with Gasteiger partial charge in [-0.25, -0.2) is 0 Å². The molecule has 0 N–H and O–H groups in total. The van der Waals surface area contributed by atoms with Crippen LogP contribution in [0, 0.1) is 18.3 Å². The van der Waals surface area contributed by atoms with Crippen molar-refractivity contribution in [3.05, 3.63) is 29.8 Å². The molecule has 0 aliphatic heterocycles. The van der Waals surface area contributed by atoms with E-state index >= 15 is 0 Å². The summed E-state index contributed by atoms with van der Waals surface area (Å²) in [7, 11) is 0. The number of rotatable bonds is 2. The molecule has 0 spiro atoms. The Hall–Kier alpha value is -1.27. The van der Waals surface area contributed by atoms with E-state index in [0.29, 0.717) is 12.8 Å². The molecule has 1 aliphatic carbocycles. The Kier molecular flexibility index (Phi) is 2.54. The second-order valence-electron chi connectivity index (χ2n) is 3.91. The molecule has 0 heterocycles. The average molecular weight is 217 g/mol. The SMILES string of the molecule is Cc1ccc(SC2(C#N)CC(=O)C2)cc1. The van der Waals surface area contributed by atoms with Crippen LogP contribution in [0.25, 0.3) is 0 Å². The van der Waals surface area contributed by atoms with Gasteiger partial charge in [0.1, 0.15) is 10.5 Å². The van der Waals surface area contributed by atoms with E-state index in [4.69, 9.17) is 5.26 Å². The van der Waals surface area contributed by atoms with Gasteiger partial charge < -0.3 is 0 Å². The van der Waals surface area contributed by atoms with Gasteiger partial charge in [0.05, 0.1) is 6.07 Å². The van der Waals surface area contributed by atoms with E-state index in [1.54, 1.807) is 0 Å². The minimum atomic E-state index is -0.494. The summed E-state index contributed by atoms with van der Waals surface area (Å²) in [6.07, 6.45) is 0.782. The number of thioether (sulfide) groups is 1. The van der Waals surface area contributed by atoms with Crippen molar-refractivity contribution < 1.29 is 4.79 Å². The highest BCUT2D eigenvalue weighted by molar-refractivity contribution is 8.01. The zero-order chi connectivity index (χ0) is 10.9. The van der Waals surface area contributed by atoms with Crippen LogP contribution in [-0.4, -0.2) is 10.5 Å². The standard InChI is InChI=1S/C12H11NOS/c1-9-2-4-11(5-3-9)15-12(8-13)6-10(14)7-12/h2-5H,6-7H2,1H3. The minimum absolute atomic E-state index is 0.191. The van der Waals surface area contributed by atoms with Gasteiger partial charge in [0.15, 0.2) is 0 Å². The van der Waals surface area contributed by atoms with Crippen molar-refractivity contribution in [2.45, 2.75) is 29.4 Å². The van der Waals surface area contributed by atoms with Gasteiger partial charge in [-0.05, 0) is 19.1 Å². The highest BCUT2D eigenvalue weighted by atomic mass is 32.2. The number of carbonyl (C=O) groups is 1. The largest absolute Gasteiger partial charge is 0.300 e. The van der Waals surface area contributed by atoms with Crippen molar-refractivity contribution in [1.29, 1.82) is 5.26 Å². The summed E-state index contributed by atoms with van der Waals surface area (Å²) in [6, 6.07) is 10.3. The van der Waals surface area contributed by atoms with Crippen molar-refractivity contribution in [3.8, 4) is 6.07 Å². The molecule has 1 saturated carbocycles. The lowest BCUT2D eigenvalue weighted by molar-refractivity contribution is -0.124. The molecule has 0 aromatic heterocycles. The molecule has 1 fully saturated rings. The Morgan fingerprint density at radius 3 is 2.40 bits per heavy atom. The fraction of sp³-hybridized carbons (Fsp3) is 0.333. The van der Waals surface area contributed by atoms with Crippen LogP contribution in [0.15, 0.2) is 29.2 Å². The first-order chi connectivity index (χ1) is 7.13. The van der Waals surface area contributed by atoms with Crippen molar-refractivity contribution in [1.82, 2.24) is 0 Å². The number of hydrogen-bond donors (Lipinski definition) is 0. The Morgan fingerprint density at radius 2 is 1.93 bits per heavy atom. The van der Waals surface area contributed by atoms with Gasteiger partial charge in [-0.3, -0.25) is 4.79 Å². The number of carbonyl (C=O) groups excluding carboxylic acids is 1.